The summed E-state index contributed by atoms with van der Waals surface area (Å²) in [6.45, 7) is 2.00. The highest BCUT2D eigenvalue weighted by Gasteiger charge is 2.10. The topological polar surface area (TPSA) is 20.2 Å². The molecule has 1 atom stereocenters. The summed E-state index contributed by atoms with van der Waals surface area (Å²) in [5, 5.41) is 9.64. The number of hydrogen-bond acceptors (Lipinski definition) is 1. The first-order chi connectivity index (χ1) is 6.15. The van der Waals surface area contributed by atoms with Gasteiger partial charge in [0.1, 0.15) is 5.82 Å². The van der Waals surface area contributed by atoms with Gasteiger partial charge in [-0.05, 0) is 24.1 Å². The van der Waals surface area contributed by atoms with Crippen LogP contribution in [0.1, 0.15) is 31.4 Å². The van der Waals surface area contributed by atoms with Crippen molar-refractivity contribution in [3.05, 3.63) is 34.1 Å². The maximum absolute atomic E-state index is 12.7. The van der Waals surface area contributed by atoms with Gasteiger partial charge in [-0.1, -0.05) is 35.3 Å². The van der Waals surface area contributed by atoms with Crippen molar-refractivity contribution in [2.75, 3.05) is 0 Å². The minimum absolute atomic E-state index is 0.292. The van der Waals surface area contributed by atoms with Gasteiger partial charge in [0.25, 0.3) is 0 Å². The third kappa shape index (κ3) is 2.78. The standard InChI is InChI=1S/C10H12BrFO/c1-2-3-10(13)8-5-4-7(12)6-9(8)11/h4-6,10,13H,2-3H2,1H3/t10-/m0/s1. The molecule has 1 aromatic carbocycles. The Labute approximate surface area is 85.7 Å². The molecule has 0 aromatic heterocycles. The minimum atomic E-state index is -0.500. The summed E-state index contributed by atoms with van der Waals surface area (Å²) >= 11 is 3.22. The molecule has 0 unspecified atom stereocenters. The van der Waals surface area contributed by atoms with Crippen LogP contribution in [0.2, 0.25) is 0 Å². The molecule has 1 aromatic rings. The first-order valence-electron chi connectivity index (χ1n) is 4.28. The fourth-order valence-corrected chi connectivity index (χ4v) is 1.82. The quantitative estimate of drug-likeness (QED) is 0.867. The van der Waals surface area contributed by atoms with E-state index in [-0.39, 0.29) is 5.82 Å². The van der Waals surface area contributed by atoms with Crippen LogP contribution in [0.4, 0.5) is 4.39 Å². The number of benzene rings is 1. The van der Waals surface area contributed by atoms with Crippen LogP contribution < -0.4 is 0 Å². The highest BCUT2D eigenvalue weighted by atomic mass is 79.9. The summed E-state index contributed by atoms with van der Waals surface area (Å²) in [7, 11) is 0. The predicted octanol–water partition coefficient (Wildman–Crippen LogP) is 3.42. The molecular weight excluding hydrogens is 235 g/mol. The summed E-state index contributed by atoms with van der Waals surface area (Å²) in [4.78, 5) is 0. The van der Waals surface area contributed by atoms with E-state index in [2.05, 4.69) is 15.9 Å². The number of aliphatic hydroxyl groups excluding tert-OH is 1. The molecule has 1 rings (SSSR count). The third-order valence-corrected chi connectivity index (χ3v) is 2.57. The van der Waals surface area contributed by atoms with Crippen LogP contribution in [0.5, 0.6) is 0 Å². The van der Waals surface area contributed by atoms with Gasteiger partial charge in [0.2, 0.25) is 0 Å². The lowest BCUT2D eigenvalue weighted by Crippen LogP contribution is -1.98. The SMILES string of the molecule is CCC[C@H](O)c1ccc(F)cc1Br. The van der Waals surface area contributed by atoms with E-state index >= 15 is 0 Å². The summed E-state index contributed by atoms with van der Waals surface area (Å²) in [5.74, 6) is -0.292. The van der Waals surface area contributed by atoms with Crippen molar-refractivity contribution in [3.8, 4) is 0 Å². The van der Waals surface area contributed by atoms with Gasteiger partial charge in [0.05, 0.1) is 6.10 Å². The zero-order valence-corrected chi connectivity index (χ0v) is 9.01. The molecule has 1 nitrogen and oxygen atoms in total. The van der Waals surface area contributed by atoms with Crippen molar-refractivity contribution in [1.29, 1.82) is 0 Å². The Morgan fingerprint density at radius 1 is 1.54 bits per heavy atom. The zero-order chi connectivity index (χ0) is 9.84. The molecule has 0 amide bonds. The Hall–Kier alpha value is -0.410. The monoisotopic (exact) mass is 246 g/mol. The Morgan fingerprint density at radius 2 is 2.23 bits per heavy atom. The Bertz CT molecular complexity index is 288. The van der Waals surface area contributed by atoms with Crippen molar-refractivity contribution >= 4 is 15.9 Å². The van der Waals surface area contributed by atoms with Gasteiger partial charge >= 0.3 is 0 Å². The molecule has 0 bridgehead atoms. The lowest BCUT2D eigenvalue weighted by atomic mass is 10.1. The number of aliphatic hydroxyl groups is 1. The highest BCUT2D eigenvalue weighted by molar-refractivity contribution is 9.10. The van der Waals surface area contributed by atoms with Crippen molar-refractivity contribution in [3.63, 3.8) is 0 Å². The summed E-state index contributed by atoms with van der Waals surface area (Å²) in [6.07, 6.45) is 1.11. The van der Waals surface area contributed by atoms with Crippen LogP contribution in [0.3, 0.4) is 0 Å². The molecule has 72 valence electrons. The molecule has 0 aliphatic carbocycles. The van der Waals surface area contributed by atoms with Crippen molar-refractivity contribution in [2.45, 2.75) is 25.9 Å². The average molecular weight is 247 g/mol. The first kappa shape index (κ1) is 10.7. The fraction of sp³-hybridized carbons (Fsp3) is 0.400. The maximum atomic E-state index is 12.7. The molecule has 13 heavy (non-hydrogen) atoms. The first-order valence-corrected chi connectivity index (χ1v) is 5.07. The Morgan fingerprint density at radius 3 is 2.77 bits per heavy atom. The number of rotatable bonds is 3. The third-order valence-electron chi connectivity index (χ3n) is 1.88. The molecule has 0 spiro atoms. The lowest BCUT2D eigenvalue weighted by molar-refractivity contribution is 0.165. The largest absolute Gasteiger partial charge is 0.388 e. The van der Waals surface area contributed by atoms with Gasteiger partial charge in [-0.25, -0.2) is 4.39 Å². The Kier molecular flexibility index (Phi) is 3.88. The van der Waals surface area contributed by atoms with Crippen LogP contribution in [0, 0.1) is 5.82 Å². The summed E-state index contributed by atoms with van der Waals surface area (Å²) in [5.41, 5.74) is 0.753. The Balaban J connectivity index is 2.88. The van der Waals surface area contributed by atoms with Crippen LogP contribution in [0.15, 0.2) is 22.7 Å². The van der Waals surface area contributed by atoms with E-state index in [0.29, 0.717) is 10.9 Å². The summed E-state index contributed by atoms with van der Waals surface area (Å²) in [6, 6.07) is 4.34. The second kappa shape index (κ2) is 4.72. The van der Waals surface area contributed by atoms with Crippen LogP contribution in [-0.4, -0.2) is 5.11 Å². The van der Waals surface area contributed by atoms with Crippen LogP contribution >= 0.6 is 15.9 Å². The van der Waals surface area contributed by atoms with Crippen molar-refractivity contribution in [2.24, 2.45) is 0 Å². The molecule has 3 heteroatoms. The molecular formula is C10H12BrFO. The van der Waals surface area contributed by atoms with Crippen LogP contribution in [0.25, 0.3) is 0 Å². The van der Waals surface area contributed by atoms with Gasteiger partial charge in [0, 0.05) is 4.47 Å². The van der Waals surface area contributed by atoms with E-state index in [1.165, 1.54) is 12.1 Å². The highest BCUT2D eigenvalue weighted by Crippen LogP contribution is 2.26. The number of hydrogen-bond donors (Lipinski definition) is 1. The second-order valence-corrected chi connectivity index (χ2v) is 3.82. The van der Waals surface area contributed by atoms with E-state index in [9.17, 15) is 9.50 Å². The minimum Gasteiger partial charge on any atom is -0.388 e. The molecule has 0 heterocycles. The molecule has 0 saturated heterocycles. The van der Waals surface area contributed by atoms with Crippen molar-refractivity contribution in [1.82, 2.24) is 0 Å². The van der Waals surface area contributed by atoms with Gasteiger partial charge in [-0.2, -0.15) is 0 Å². The average Bonchev–Trinajstić information content (AvgIpc) is 2.04. The van der Waals surface area contributed by atoms with Gasteiger partial charge < -0.3 is 5.11 Å². The van der Waals surface area contributed by atoms with Gasteiger partial charge in [0.15, 0.2) is 0 Å². The molecule has 0 aliphatic heterocycles. The number of halogens is 2. The molecule has 0 saturated carbocycles. The van der Waals surface area contributed by atoms with E-state index in [1.54, 1.807) is 6.07 Å². The lowest BCUT2D eigenvalue weighted by Gasteiger charge is -2.11. The van der Waals surface area contributed by atoms with E-state index < -0.39 is 6.10 Å². The summed E-state index contributed by atoms with van der Waals surface area (Å²) < 4.78 is 13.3. The fourth-order valence-electron chi connectivity index (χ4n) is 1.20. The molecule has 1 N–H and O–H groups in total. The second-order valence-electron chi connectivity index (χ2n) is 2.97. The molecule has 0 fully saturated rings. The van der Waals surface area contributed by atoms with Gasteiger partial charge in [-0.15, -0.1) is 0 Å². The van der Waals surface area contributed by atoms with Crippen molar-refractivity contribution < 1.29 is 9.50 Å². The molecule has 0 radical (unpaired) electrons. The van der Waals surface area contributed by atoms with Gasteiger partial charge in [-0.3, -0.25) is 0 Å². The van der Waals surface area contributed by atoms with E-state index in [1.807, 2.05) is 6.92 Å². The zero-order valence-electron chi connectivity index (χ0n) is 7.43. The smallest absolute Gasteiger partial charge is 0.124 e. The van der Waals surface area contributed by atoms with E-state index in [0.717, 1.165) is 12.0 Å². The maximum Gasteiger partial charge on any atom is 0.124 e. The van der Waals surface area contributed by atoms with Crippen LogP contribution in [-0.2, 0) is 0 Å². The van der Waals surface area contributed by atoms with E-state index in [4.69, 9.17) is 0 Å². The predicted molar refractivity (Wildman–Crippen MR) is 54.0 cm³/mol. The normalized spacial score (nSPS) is 12.9. The molecule has 0 aliphatic rings.